The van der Waals surface area contributed by atoms with Gasteiger partial charge >= 0.3 is 0 Å². The molecule has 4 heteroatoms. The van der Waals surface area contributed by atoms with Gasteiger partial charge in [0.1, 0.15) is 11.5 Å². The molecule has 0 saturated carbocycles. The van der Waals surface area contributed by atoms with Crippen LogP contribution in [0.2, 0.25) is 0 Å². The Morgan fingerprint density at radius 1 is 1.17 bits per heavy atom. The van der Waals surface area contributed by atoms with Gasteiger partial charge in [-0.05, 0) is 24.3 Å². The van der Waals surface area contributed by atoms with Crippen molar-refractivity contribution in [1.29, 1.82) is 0 Å². The summed E-state index contributed by atoms with van der Waals surface area (Å²) in [5, 5.41) is 13.4. The van der Waals surface area contributed by atoms with Gasteiger partial charge in [-0.25, -0.2) is 0 Å². The van der Waals surface area contributed by atoms with Gasteiger partial charge in [0, 0.05) is 11.6 Å². The van der Waals surface area contributed by atoms with Gasteiger partial charge in [0.05, 0.1) is 19.0 Å². The van der Waals surface area contributed by atoms with Gasteiger partial charge in [0.15, 0.2) is 0 Å². The van der Waals surface area contributed by atoms with Gasteiger partial charge in [-0.1, -0.05) is 18.2 Å². The fourth-order valence-corrected chi connectivity index (χ4v) is 1.50. The molecule has 0 bridgehead atoms. The number of hydrazone groups is 1. The second kappa shape index (κ2) is 5.72. The molecule has 2 aromatic carbocycles. The molecule has 4 nitrogen and oxygen atoms in total. The molecule has 0 aliphatic carbocycles. The summed E-state index contributed by atoms with van der Waals surface area (Å²) in [5.74, 6) is 0.744. The van der Waals surface area contributed by atoms with Crippen LogP contribution in [0.5, 0.6) is 11.5 Å². The predicted octanol–water partition coefficient (Wildman–Crippen LogP) is 2.85. The van der Waals surface area contributed by atoms with E-state index in [1.165, 1.54) is 0 Å². The van der Waals surface area contributed by atoms with Crippen LogP contribution in [0, 0.1) is 0 Å². The summed E-state index contributed by atoms with van der Waals surface area (Å²) in [4.78, 5) is 0. The second-order valence-electron chi connectivity index (χ2n) is 3.66. The monoisotopic (exact) mass is 242 g/mol. The summed E-state index contributed by atoms with van der Waals surface area (Å²) in [6.45, 7) is 0. The Morgan fingerprint density at radius 3 is 2.67 bits per heavy atom. The maximum absolute atomic E-state index is 9.33. The highest BCUT2D eigenvalue weighted by Crippen LogP contribution is 2.22. The number of phenolic OH excluding ortho intramolecular Hbond substituents is 1. The first-order valence-corrected chi connectivity index (χ1v) is 5.51. The van der Waals surface area contributed by atoms with E-state index in [0.29, 0.717) is 5.75 Å². The van der Waals surface area contributed by atoms with Gasteiger partial charge in [-0.2, -0.15) is 5.10 Å². The van der Waals surface area contributed by atoms with Crippen LogP contribution >= 0.6 is 0 Å². The number of ether oxygens (including phenoxy) is 1. The average molecular weight is 242 g/mol. The summed E-state index contributed by atoms with van der Waals surface area (Å²) in [6.07, 6.45) is 1.64. The number of benzene rings is 2. The predicted molar refractivity (Wildman–Crippen MR) is 72.3 cm³/mol. The quantitative estimate of drug-likeness (QED) is 0.640. The van der Waals surface area contributed by atoms with Crippen LogP contribution in [0.1, 0.15) is 5.56 Å². The van der Waals surface area contributed by atoms with Crippen LogP contribution in [-0.4, -0.2) is 18.4 Å². The number of nitrogens with zero attached hydrogens (tertiary/aromatic N) is 1. The lowest BCUT2D eigenvalue weighted by Crippen LogP contribution is -1.93. The van der Waals surface area contributed by atoms with Gasteiger partial charge in [-0.3, -0.25) is 5.43 Å². The lowest BCUT2D eigenvalue weighted by Gasteiger charge is -2.04. The van der Waals surface area contributed by atoms with E-state index in [2.05, 4.69) is 10.5 Å². The number of hydrogen-bond donors (Lipinski definition) is 2. The zero-order chi connectivity index (χ0) is 12.8. The molecule has 0 aliphatic rings. The number of phenols is 1. The molecule has 0 heterocycles. The lowest BCUT2D eigenvalue weighted by atomic mass is 10.2. The highest BCUT2D eigenvalue weighted by Gasteiger charge is 2.01. The minimum absolute atomic E-state index is 0.167. The standard InChI is InChI=1S/C14H14N2O2/c1-18-14-9-13(17)8-7-11(14)10-15-16-12-5-3-2-4-6-12/h2-10,16-17H,1H3. The number of aromatic hydroxyl groups is 1. The van der Waals surface area contributed by atoms with E-state index in [1.54, 1.807) is 31.5 Å². The third-order valence-corrected chi connectivity index (χ3v) is 2.39. The molecule has 2 aromatic rings. The summed E-state index contributed by atoms with van der Waals surface area (Å²) < 4.78 is 5.15. The molecular formula is C14H14N2O2. The van der Waals surface area contributed by atoms with E-state index < -0.39 is 0 Å². The molecule has 0 spiro atoms. The molecule has 92 valence electrons. The van der Waals surface area contributed by atoms with Crippen LogP contribution < -0.4 is 10.2 Å². The molecule has 18 heavy (non-hydrogen) atoms. The third kappa shape index (κ3) is 3.01. The topological polar surface area (TPSA) is 53.9 Å². The van der Waals surface area contributed by atoms with Gasteiger partial charge in [-0.15, -0.1) is 0 Å². The minimum atomic E-state index is 0.167. The van der Waals surface area contributed by atoms with Crippen molar-refractivity contribution in [2.45, 2.75) is 0 Å². The number of hydrogen-bond acceptors (Lipinski definition) is 4. The summed E-state index contributed by atoms with van der Waals surface area (Å²) in [6, 6.07) is 14.5. The molecule has 0 aliphatic heterocycles. The summed E-state index contributed by atoms with van der Waals surface area (Å²) in [5.41, 5.74) is 4.61. The Kier molecular flexibility index (Phi) is 3.81. The maximum atomic E-state index is 9.33. The van der Waals surface area contributed by atoms with E-state index in [1.807, 2.05) is 30.3 Å². The lowest BCUT2D eigenvalue weighted by molar-refractivity contribution is 0.407. The second-order valence-corrected chi connectivity index (χ2v) is 3.66. The normalized spacial score (nSPS) is 10.5. The summed E-state index contributed by atoms with van der Waals surface area (Å²) >= 11 is 0. The Balaban J connectivity index is 2.09. The van der Waals surface area contributed by atoms with Crippen LogP contribution in [-0.2, 0) is 0 Å². The summed E-state index contributed by atoms with van der Waals surface area (Å²) in [7, 11) is 1.55. The van der Waals surface area contributed by atoms with Gasteiger partial charge in [0.25, 0.3) is 0 Å². The SMILES string of the molecule is COc1cc(O)ccc1C=NNc1ccccc1. The highest BCUT2D eigenvalue weighted by atomic mass is 16.5. The first-order chi connectivity index (χ1) is 8.79. The van der Waals surface area contributed by atoms with E-state index in [0.717, 1.165) is 11.3 Å². The van der Waals surface area contributed by atoms with Crippen LogP contribution in [0.15, 0.2) is 53.6 Å². The van der Waals surface area contributed by atoms with Crippen molar-refractivity contribution in [2.24, 2.45) is 5.10 Å². The Morgan fingerprint density at radius 2 is 1.94 bits per heavy atom. The highest BCUT2D eigenvalue weighted by molar-refractivity contribution is 5.84. The molecule has 0 saturated heterocycles. The fourth-order valence-electron chi connectivity index (χ4n) is 1.50. The Hall–Kier alpha value is -2.49. The molecule has 0 aromatic heterocycles. The largest absolute Gasteiger partial charge is 0.508 e. The van der Waals surface area contributed by atoms with Gasteiger partial charge < -0.3 is 9.84 Å². The van der Waals surface area contributed by atoms with E-state index in [4.69, 9.17) is 4.74 Å². The number of anilines is 1. The maximum Gasteiger partial charge on any atom is 0.131 e. The molecule has 0 radical (unpaired) electrons. The smallest absolute Gasteiger partial charge is 0.131 e. The first-order valence-electron chi connectivity index (χ1n) is 5.51. The zero-order valence-electron chi connectivity index (χ0n) is 10.00. The van der Waals surface area contributed by atoms with E-state index >= 15 is 0 Å². The number of nitrogens with one attached hydrogen (secondary N) is 1. The molecule has 0 atom stereocenters. The van der Waals surface area contributed by atoms with Crippen molar-refractivity contribution in [1.82, 2.24) is 0 Å². The molecule has 0 fully saturated rings. The van der Waals surface area contributed by atoms with Crippen molar-refractivity contribution in [2.75, 3.05) is 12.5 Å². The minimum Gasteiger partial charge on any atom is -0.508 e. The van der Waals surface area contributed by atoms with Crippen molar-refractivity contribution in [3.05, 3.63) is 54.1 Å². The number of rotatable bonds is 4. The van der Waals surface area contributed by atoms with Gasteiger partial charge in [0.2, 0.25) is 0 Å². The van der Waals surface area contributed by atoms with Crippen molar-refractivity contribution < 1.29 is 9.84 Å². The Labute approximate surface area is 106 Å². The number of para-hydroxylation sites is 1. The van der Waals surface area contributed by atoms with Crippen molar-refractivity contribution in [3.8, 4) is 11.5 Å². The average Bonchev–Trinajstić information content (AvgIpc) is 2.41. The van der Waals surface area contributed by atoms with E-state index in [-0.39, 0.29) is 5.75 Å². The molecule has 0 unspecified atom stereocenters. The van der Waals surface area contributed by atoms with Crippen LogP contribution in [0.25, 0.3) is 0 Å². The van der Waals surface area contributed by atoms with E-state index in [9.17, 15) is 5.11 Å². The Bertz CT molecular complexity index is 539. The van der Waals surface area contributed by atoms with Crippen LogP contribution in [0.3, 0.4) is 0 Å². The molecular weight excluding hydrogens is 228 g/mol. The molecule has 2 rings (SSSR count). The molecule has 2 N–H and O–H groups in total. The molecule has 0 amide bonds. The van der Waals surface area contributed by atoms with Crippen molar-refractivity contribution in [3.63, 3.8) is 0 Å². The number of methoxy groups -OCH3 is 1. The van der Waals surface area contributed by atoms with Crippen molar-refractivity contribution >= 4 is 11.9 Å². The van der Waals surface area contributed by atoms with Crippen LogP contribution in [0.4, 0.5) is 5.69 Å². The first kappa shape index (κ1) is 12.0. The third-order valence-electron chi connectivity index (χ3n) is 2.39. The fraction of sp³-hybridized carbons (Fsp3) is 0.0714. The zero-order valence-corrected chi connectivity index (χ0v) is 10.00.